The Morgan fingerprint density at radius 2 is 2.08 bits per heavy atom. The summed E-state index contributed by atoms with van der Waals surface area (Å²) in [7, 11) is 0. The molecule has 2 heterocycles. The van der Waals surface area contributed by atoms with Crippen molar-refractivity contribution in [1.82, 2.24) is 5.43 Å². The Morgan fingerprint density at radius 1 is 1.28 bits per heavy atom. The molecule has 0 spiro atoms. The molecule has 0 bridgehead atoms. The van der Waals surface area contributed by atoms with Crippen molar-refractivity contribution in [2.45, 2.75) is 32.3 Å². The van der Waals surface area contributed by atoms with E-state index >= 15 is 0 Å². The highest BCUT2D eigenvalue weighted by molar-refractivity contribution is 9.10. The molecular formula is C18H19BrN2O4. The Morgan fingerprint density at radius 3 is 2.76 bits per heavy atom. The van der Waals surface area contributed by atoms with Crippen LogP contribution in [0.3, 0.4) is 0 Å². The molecule has 1 atom stereocenters. The van der Waals surface area contributed by atoms with Crippen LogP contribution in [0.4, 0.5) is 0 Å². The van der Waals surface area contributed by atoms with Crippen molar-refractivity contribution in [1.29, 1.82) is 0 Å². The van der Waals surface area contributed by atoms with Gasteiger partial charge in [-0.05, 0) is 51.2 Å². The summed E-state index contributed by atoms with van der Waals surface area (Å²) in [6, 6.07) is 9.26. The summed E-state index contributed by atoms with van der Waals surface area (Å²) in [6.07, 6.45) is 0.654. The number of nitrogens with one attached hydrogen (secondary N) is 1. The van der Waals surface area contributed by atoms with E-state index in [9.17, 15) is 4.79 Å². The fourth-order valence-electron chi connectivity index (χ4n) is 2.30. The molecule has 7 heteroatoms. The lowest BCUT2D eigenvalue weighted by molar-refractivity contribution is -0.130. The molecule has 1 N–H and O–H groups in total. The molecule has 132 valence electrons. The first-order valence-corrected chi connectivity index (χ1v) is 8.64. The second-order valence-electron chi connectivity index (χ2n) is 6.71. The van der Waals surface area contributed by atoms with Crippen molar-refractivity contribution >= 4 is 28.1 Å². The molecule has 3 rings (SSSR count). The average molecular weight is 407 g/mol. The Hall–Kier alpha value is -2.28. The number of benzene rings is 1. The minimum absolute atomic E-state index is 0.0187. The predicted octanol–water partition coefficient (Wildman–Crippen LogP) is 3.63. The minimum atomic E-state index is -0.761. The van der Waals surface area contributed by atoms with E-state index in [2.05, 4.69) is 47.2 Å². The number of amides is 1. The SMILES string of the molecule is CC(C)(C)c1ccc2c(c1)O[C@@H](C(=O)N/N=C\c1ccc(Br)o1)CO2. The zero-order chi connectivity index (χ0) is 18.0. The first-order valence-electron chi connectivity index (χ1n) is 7.85. The van der Waals surface area contributed by atoms with Crippen LogP contribution in [-0.2, 0) is 10.2 Å². The Balaban J connectivity index is 1.65. The average Bonchev–Trinajstić information content (AvgIpc) is 2.98. The zero-order valence-electron chi connectivity index (χ0n) is 14.2. The fraction of sp³-hybridized carbons (Fsp3) is 0.333. The van der Waals surface area contributed by atoms with Gasteiger partial charge in [0.1, 0.15) is 12.4 Å². The van der Waals surface area contributed by atoms with Gasteiger partial charge in [0, 0.05) is 0 Å². The lowest BCUT2D eigenvalue weighted by atomic mass is 9.87. The van der Waals surface area contributed by atoms with Crippen molar-refractivity contribution in [3.05, 3.63) is 46.3 Å². The van der Waals surface area contributed by atoms with E-state index in [4.69, 9.17) is 13.9 Å². The number of furan rings is 1. The predicted molar refractivity (Wildman–Crippen MR) is 97.2 cm³/mol. The summed E-state index contributed by atoms with van der Waals surface area (Å²) >= 11 is 3.20. The summed E-state index contributed by atoms with van der Waals surface area (Å²) in [6.45, 7) is 6.48. The summed E-state index contributed by atoms with van der Waals surface area (Å²) < 4.78 is 17.3. The normalized spacial score (nSPS) is 16.9. The van der Waals surface area contributed by atoms with Crippen LogP contribution in [0, 0.1) is 0 Å². The van der Waals surface area contributed by atoms with Crippen LogP contribution in [0.2, 0.25) is 0 Å². The summed E-state index contributed by atoms with van der Waals surface area (Å²) in [5, 5.41) is 3.87. The molecule has 0 radical (unpaired) electrons. The second kappa shape index (κ2) is 6.92. The Bertz CT molecular complexity index is 808. The number of halogens is 1. The number of carbonyl (C=O) groups excluding carboxylic acids is 1. The standard InChI is InChI=1S/C18H19BrN2O4/c1-18(2,3)11-4-6-13-14(8-11)25-15(10-23-13)17(22)21-20-9-12-5-7-16(19)24-12/h4-9,15H,10H2,1-3H3,(H,21,22)/b20-9-/t15-/m1/s1. The molecule has 25 heavy (non-hydrogen) atoms. The molecule has 1 aliphatic heterocycles. The molecule has 0 aliphatic carbocycles. The number of carbonyl (C=O) groups is 1. The lowest BCUT2D eigenvalue weighted by Crippen LogP contribution is -2.42. The maximum atomic E-state index is 12.2. The highest BCUT2D eigenvalue weighted by atomic mass is 79.9. The van der Waals surface area contributed by atoms with Crippen molar-refractivity contribution < 1.29 is 18.7 Å². The van der Waals surface area contributed by atoms with Gasteiger partial charge < -0.3 is 13.9 Å². The van der Waals surface area contributed by atoms with Gasteiger partial charge in [0.15, 0.2) is 16.2 Å². The molecule has 1 amide bonds. The Kier molecular flexibility index (Phi) is 4.85. The molecule has 1 aliphatic rings. The van der Waals surface area contributed by atoms with E-state index in [1.54, 1.807) is 12.1 Å². The lowest BCUT2D eigenvalue weighted by Gasteiger charge is -2.27. The van der Waals surface area contributed by atoms with Crippen LogP contribution in [0.1, 0.15) is 32.1 Å². The van der Waals surface area contributed by atoms with Gasteiger partial charge in [0.05, 0.1) is 6.21 Å². The van der Waals surface area contributed by atoms with E-state index in [1.807, 2.05) is 18.2 Å². The maximum Gasteiger partial charge on any atom is 0.284 e. The number of fused-ring (bicyclic) bond motifs is 1. The van der Waals surface area contributed by atoms with E-state index in [0.29, 0.717) is 21.9 Å². The third-order valence-electron chi connectivity index (χ3n) is 3.72. The van der Waals surface area contributed by atoms with Crippen LogP contribution in [0.25, 0.3) is 0 Å². The molecule has 0 saturated heterocycles. The van der Waals surface area contributed by atoms with E-state index in [-0.39, 0.29) is 17.9 Å². The zero-order valence-corrected chi connectivity index (χ0v) is 15.8. The third kappa shape index (κ3) is 4.22. The van der Waals surface area contributed by atoms with Gasteiger partial charge in [0.25, 0.3) is 5.91 Å². The summed E-state index contributed by atoms with van der Waals surface area (Å²) in [4.78, 5) is 12.2. The van der Waals surface area contributed by atoms with E-state index in [1.165, 1.54) is 6.21 Å². The van der Waals surface area contributed by atoms with Gasteiger partial charge in [0.2, 0.25) is 6.10 Å². The van der Waals surface area contributed by atoms with Crippen molar-refractivity contribution in [2.75, 3.05) is 6.61 Å². The van der Waals surface area contributed by atoms with Crippen molar-refractivity contribution in [3.63, 3.8) is 0 Å². The van der Waals surface area contributed by atoms with Gasteiger partial charge in [-0.1, -0.05) is 26.8 Å². The van der Waals surface area contributed by atoms with Gasteiger partial charge >= 0.3 is 0 Å². The summed E-state index contributed by atoms with van der Waals surface area (Å²) in [5.41, 5.74) is 3.53. The molecule has 6 nitrogen and oxygen atoms in total. The number of rotatable bonds is 3. The first-order chi connectivity index (χ1) is 11.8. The molecule has 1 aromatic heterocycles. The number of hydrogen-bond donors (Lipinski definition) is 1. The number of hydrogen-bond acceptors (Lipinski definition) is 5. The van der Waals surface area contributed by atoms with Crippen LogP contribution in [0.15, 0.2) is 44.5 Å². The minimum Gasteiger partial charge on any atom is -0.485 e. The molecule has 0 unspecified atom stereocenters. The highest BCUT2D eigenvalue weighted by Gasteiger charge is 2.28. The van der Waals surface area contributed by atoms with E-state index < -0.39 is 6.10 Å². The highest BCUT2D eigenvalue weighted by Crippen LogP contribution is 2.36. The third-order valence-corrected chi connectivity index (χ3v) is 4.15. The van der Waals surface area contributed by atoms with Crippen molar-refractivity contribution in [3.8, 4) is 11.5 Å². The number of ether oxygens (including phenoxy) is 2. The largest absolute Gasteiger partial charge is 0.485 e. The van der Waals surface area contributed by atoms with Gasteiger partial charge in [-0.2, -0.15) is 5.10 Å². The van der Waals surface area contributed by atoms with Gasteiger partial charge in [-0.15, -0.1) is 0 Å². The van der Waals surface area contributed by atoms with Crippen LogP contribution in [0.5, 0.6) is 11.5 Å². The quantitative estimate of drug-likeness (QED) is 0.623. The van der Waals surface area contributed by atoms with Crippen LogP contribution in [-0.4, -0.2) is 24.8 Å². The molecule has 0 fully saturated rings. The van der Waals surface area contributed by atoms with Gasteiger partial charge in [-0.3, -0.25) is 4.79 Å². The number of hydrazone groups is 1. The van der Waals surface area contributed by atoms with Crippen LogP contribution < -0.4 is 14.9 Å². The number of nitrogens with zero attached hydrogens (tertiary/aromatic N) is 1. The van der Waals surface area contributed by atoms with Crippen LogP contribution >= 0.6 is 15.9 Å². The van der Waals surface area contributed by atoms with Gasteiger partial charge in [-0.25, -0.2) is 5.43 Å². The van der Waals surface area contributed by atoms with Crippen molar-refractivity contribution in [2.24, 2.45) is 5.10 Å². The second-order valence-corrected chi connectivity index (χ2v) is 7.49. The smallest absolute Gasteiger partial charge is 0.284 e. The molecule has 2 aromatic rings. The Labute approximate surface area is 154 Å². The summed E-state index contributed by atoms with van der Waals surface area (Å²) in [5.74, 6) is 1.35. The topological polar surface area (TPSA) is 73.1 Å². The molecule has 0 saturated carbocycles. The van der Waals surface area contributed by atoms with E-state index in [0.717, 1.165) is 5.56 Å². The first kappa shape index (κ1) is 17.5. The molecule has 1 aromatic carbocycles. The fourth-order valence-corrected chi connectivity index (χ4v) is 2.62. The maximum absolute atomic E-state index is 12.2. The molecular weight excluding hydrogens is 388 g/mol. The monoisotopic (exact) mass is 406 g/mol.